The Kier molecular flexibility index (Phi) is 6.20. The molecule has 0 amide bonds. The van der Waals surface area contributed by atoms with E-state index in [0.29, 0.717) is 19.6 Å². The lowest BCUT2D eigenvalue weighted by Gasteiger charge is -2.24. The van der Waals surface area contributed by atoms with E-state index in [4.69, 9.17) is 9.47 Å². The third-order valence-electron chi connectivity index (χ3n) is 3.33. The molecule has 2 rings (SSSR count). The van der Waals surface area contributed by atoms with Crippen LogP contribution in [0, 0.1) is 0 Å². The highest BCUT2D eigenvalue weighted by Crippen LogP contribution is 2.24. The van der Waals surface area contributed by atoms with Gasteiger partial charge in [-0.15, -0.1) is 0 Å². The van der Waals surface area contributed by atoms with Crippen LogP contribution >= 0.6 is 0 Å². The minimum absolute atomic E-state index is 0.185. The molecule has 1 heterocycles. The number of nitrogens with zero attached hydrogens (tertiary/aromatic N) is 2. The van der Waals surface area contributed by atoms with Crippen molar-refractivity contribution in [2.45, 2.75) is 39.7 Å². The highest BCUT2D eigenvalue weighted by molar-refractivity contribution is 5.71. The number of ether oxygens (including phenoxy) is 2. The van der Waals surface area contributed by atoms with Crippen molar-refractivity contribution < 1.29 is 14.3 Å². The minimum Gasteiger partial charge on any atom is -0.494 e. The van der Waals surface area contributed by atoms with Crippen LogP contribution in [-0.4, -0.2) is 31.4 Å². The monoisotopic (exact) mass is 316 g/mol. The van der Waals surface area contributed by atoms with Crippen molar-refractivity contribution in [1.82, 2.24) is 0 Å². The van der Waals surface area contributed by atoms with Gasteiger partial charge >= 0.3 is 5.97 Å². The minimum atomic E-state index is -0.268. The molecule has 0 aromatic heterocycles. The van der Waals surface area contributed by atoms with Crippen molar-refractivity contribution >= 4 is 17.9 Å². The van der Waals surface area contributed by atoms with E-state index in [1.165, 1.54) is 6.92 Å². The van der Waals surface area contributed by atoms with Crippen molar-refractivity contribution in [1.29, 1.82) is 0 Å². The molecule has 5 heteroatoms. The van der Waals surface area contributed by atoms with Gasteiger partial charge in [0.1, 0.15) is 11.9 Å². The molecule has 1 aromatic rings. The maximum atomic E-state index is 11.0. The predicted octanol–water partition coefficient (Wildman–Crippen LogP) is 3.55. The molecule has 0 aliphatic carbocycles. The molecule has 5 nitrogen and oxygen atoms in total. The molecule has 1 unspecified atom stereocenters. The SMILES string of the molecule is CCCOc1cccc(N2C=C(CC(C)OC(C)=O)N=CC2)c1. The summed E-state index contributed by atoms with van der Waals surface area (Å²) in [6.07, 6.45) is 5.26. The molecule has 23 heavy (non-hydrogen) atoms. The Hall–Kier alpha value is -2.30. The molecule has 0 spiro atoms. The van der Waals surface area contributed by atoms with E-state index in [-0.39, 0.29) is 12.1 Å². The largest absolute Gasteiger partial charge is 0.494 e. The molecule has 0 fully saturated rings. The lowest BCUT2D eigenvalue weighted by Crippen LogP contribution is -2.23. The number of aliphatic imine (C=N–C) groups is 1. The first kappa shape index (κ1) is 17.1. The molecule has 0 N–H and O–H groups in total. The van der Waals surface area contributed by atoms with Crippen molar-refractivity contribution in [2.24, 2.45) is 4.99 Å². The molecule has 1 aromatic carbocycles. The van der Waals surface area contributed by atoms with E-state index in [2.05, 4.69) is 16.8 Å². The van der Waals surface area contributed by atoms with Gasteiger partial charge in [-0.2, -0.15) is 0 Å². The van der Waals surface area contributed by atoms with Crippen LogP contribution in [-0.2, 0) is 9.53 Å². The quantitative estimate of drug-likeness (QED) is 0.722. The zero-order chi connectivity index (χ0) is 16.7. The van der Waals surface area contributed by atoms with Gasteiger partial charge in [0.15, 0.2) is 0 Å². The van der Waals surface area contributed by atoms with E-state index in [0.717, 1.165) is 23.6 Å². The lowest BCUT2D eigenvalue weighted by molar-refractivity contribution is -0.145. The summed E-state index contributed by atoms with van der Waals surface area (Å²) in [6, 6.07) is 8.02. The Labute approximate surface area is 137 Å². The molecule has 0 bridgehead atoms. The number of hydrogen-bond donors (Lipinski definition) is 0. The van der Waals surface area contributed by atoms with Crippen LogP contribution < -0.4 is 9.64 Å². The zero-order valence-electron chi connectivity index (χ0n) is 14.0. The molecular weight excluding hydrogens is 292 g/mol. The summed E-state index contributed by atoms with van der Waals surface area (Å²) in [5.41, 5.74) is 1.95. The summed E-state index contributed by atoms with van der Waals surface area (Å²) < 4.78 is 10.8. The fourth-order valence-corrected chi connectivity index (χ4v) is 2.39. The van der Waals surface area contributed by atoms with Crippen LogP contribution in [0.3, 0.4) is 0 Å². The van der Waals surface area contributed by atoms with Crippen LogP contribution in [0.1, 0.15) is 33.6 Å². The van der Waals surface area contributed by atoms with Gasteiger partial charge in [0.2, 0.25) is 0 Å². The molecule has 1 aliphatic rings. The smallest absolute Gasteiger partial charge is 0.302 e. The second-order valence-electron chi connectivity index (χ2n) is 5.55. The van der Waals surface area contributed by atoms with Gasteiger partial charge in [0.25, 0.3) is 0 Å². The first-order valence-corrected chi connectivity index (χ1v) is 7.98. The Morgan fingerprint density at radius 2 is 2.26 bits per heavy atom. The second-order valence-corrected chi connectivity index (χ2v) is 5.55. The third kappa shape index (κ3) is 5.43. The van der Waals surface area contributed by atoms with Crippen LogP contribution in [0.4, 0.5) is 5.69 Å². The number of carbonyl (C=O) groups excluding carboxylic acids is 1. The zero-order valence-corrected chi connectivity index (χ0v) is 14.0. The van der Waals surface area contributed by atoms with Crippen molar-refractivity contribution in [3.05, 3.63) is 36.2 Å². The maximum absolute atomic E-state index is 11.0. The average Bonchev–Trinajstić information content (AvgIpc) is 2.52. The topological polar surface area (TPSA) is 51.1 Å². The number of rotatable bonds is 7. The van der Waals surface area contributed by atoms with Gasteiger partial charge < -0.3 is 14.4 Å². The molecular formula is C18H24N2O3. The van der Waals surface area contributed by atoms with Crippen molar-refractivity contribution in [3.8, 4) is 5.75 Å². The highest BCUT2D eigenvalue weighted by atomic mass is 16.5. The van der Waals surface area contributed by atoms with E-state index in [9.17, 15) is 4.79 Å². The van der Waals surface area contributed by atoms with E-state index < -0.39 is 0 Å². The molecule has 1 aliphatic heterocycles. The number of anilines is 1. The van der Waals surface area contributed by atoms with Gasteiger partial charge in [0, 0.05) is 37.5 Å². The Morgan fingerprint density at radius 1 is 1.43 bits per heavy atom. The van der Waals surface area contributed by atoms with Crippen LogP contribution in [0.25, 0.3) is 0 Å². The molecule has 0 saturated heterocycles. The summed E-state index contributed by atoms with van der Waals surface area (Å²) in [6.45, 7) is 6.80. The summed E-state index contributed by atoms with van der Waals surface area (Å²) in [7, 11) is 0. The third-order valence-corrected chi connectivity index (χ3v) is 3.33. The maximum Gasteiger partial charge on any atom is 0.302 e. The lowest BCUT2D eigenvalue weighted by atomic mass is 10.2. The van der Waals surface area contributed by atoms with Gasteiger partial charge in [0.05, 0.1) is 18.8 Å². The summed E-state index contributed by atoms with van der Waals surface area (Å²) in [5, 5.41) is 0. The van der Waals surface area contributed by atoms with Gasteiger partial charge in [-0.1, -0.05) is 13.0 Å². The van der Waals surface area contributed by atoms with E-state index in [1.54, 1.807) is 0 Å². The number of esters is 1. The summed E-state index contributed by atoms with van der Waals surface area (Å²) in [4.78, 5) is 17.5. The van der Waals surface area contributed by atoms with E-state index >= 15 is 0 Å². The normalized spacial score (nSPS) is 15.1. The summed E-state index contributed by atoms with van der Waals surface area (Å²) >= 11 is 0. The Balaban J connectivity index is 2.05. The second kappa shape index (κ2) is 8.36. The standard InChI is InChI=1S/C18H24N2O3/c1-4-10-22-18-7-5-6-17(12-18)20-9-8-19-16(13-20)11-14(2)23-15(3)21/h5-8,12-14H,4,9-11H2,1-3H3. The van der Waals surface area contributed by atoms with Gasteiger partial charge in [-0.25, -0.2) is 0 Å². The first-order chi connectivity index (χ1) is 11.1. The predicted molar refractivity (Wildman–Crippen MR) is 92.0 cm³/mol. The van der Waals surface area contributed by atoms with Crippen LogP contribution in [0.2, 0.25) is 0 Å². The Bertz CT molecular complexity index is 596. The Morgan fingerprint density at radius 3 is 3.00 bits per heavy atom. The fourth-order valence-electron chi connectivity index (χ4n) is 2.39. The molecule has 1 atom stereocenters. The number of carbonyl (C=O) groups is 1. The number of benzene rings is 1. The molecule has 0 saturated carbocycles. The molecule has 0 radical (unpaired) electrons. The van der Waals surface area contributed by atoms with E-state index in [1.807, 2.05) is 43.6 Å². The number of hydrogen-bond acceptors (Lipinski definition) is 5. The van der Waals surface area contributed by atoms with Gasteiger partial charge in [-0.05, 0) is 25.5 Å². The van der Waals surface area contributed by atoms with Crippen molar-refractivity contribution in [2.75, 3.05) is 18.1 Å². The first-order valence-electron chi connectivity index (χ1n) is 7.98. The van der Waals surface area contributed by atoms with Crippen molar-refractivity contribution in [3.63, 3.8) is 0 Å². The van der Waals surface area contributed by atoms with Gasteiger partial charge in [-0.3, -0.25) is 9.79 Å². The highest BCUT2D eigenvalue weighted by Gasteiger charge is 2.13. The summed E-state index contributed by atoms with van der Waals surface area (Å²) in [5.74, 6) is 0.602. The van der Waals surface area contributed by atoms with Crippen LogP contribution in [0.5, 0.6) is 5.75 Å². The average molecular weight is 316 g/mol. The van der Waals surface area contributed by atoms with Crippen LogP contribution in [0.15, 0.2) is 41.2 Å². The fraction of sp³-hybridized carbons (Fsp3) is 0.444. The molecule has 124 valence electrons.